The molecule has 0 saturated heterocycles. The molecule has 0 amide bonds. The van der Waals surface area contributed by atoms with Crippen LogP contribution in [0, 0.1) is 13.8 Å². The van der Waals surface area contributed by atoms with Crippen LogP contribution in [0.4, 0.5) is 51.2 Å². The molecule has 0 N–H and O–H groups in total. The minimum absolute atomic E-state index is 1.14. The molecule has 0 aliphatic rings. The maximum absolute atomic E-state index is 2.53. The van der Waals surface area contributed by atoms with Crippen LogP contribution in [0.5, 0.6) is 0 Å². The molecule has 3 aromatic heterocycles. The molecule has 454 valence electrons. The number of aryl methyl sites for hydroxylation is 2. The van der Waals surface area contributed by atoms with Crippen LogP contribution >= 0.6 is 34.0 Å². The van der Waals surface area contributed by atoms with Crippen LogP contribution < -0.4 is 14.7 Å². The van der Waals surface area contributed by atoms with Crippen molar-refractivity contribution in [3.63, 3.8) is 0 Å². The van der Waals surface area contributed by atoms with Gasteiger partial charge in [0.15, 0.2) is 0 Å². The Morgan fingerprint density at radius 1 is 0.208 bits per heavy atom. The topological polar surface area (TPSA) is 9.72 Å². The highest BCUT2D eigenvalue weighted by Gasteiger charge is 2.29. The predicted octanol–water partition coefficient (Wildman–Crippen LogP) is 27.8. The van der Waals surface area contributed by atoms with Crippen molar-refractivity contribution in [3.8, 4) is 11.1 Å². The summed E-state index contributed by atoms with van der Waals surface area (Å²) < 4.78 is 7.78. The third kappa shape index (κ3) is 9.59. The van der Waals surface area contributed by atoms with Gasteiger partial charge in [-0.2, -0.15) is 0 Å². The van der Waals surface area contributed by atoms with E-state index in [1.807, 2.05) is 34.0 Å². The molecule has 96 heavy (non-hydrogen) atoms. The van der Waals surface area contributed by atoms with Crippen LogP contribution in [-0.4, -0.2) is 0 Å². The van der Waals surface area contributed by atoms with Gasteiger partial charge in [-0.3, -0.25) is 0 Å². The van der Waals surface area contributed by atoms with E-state index in [-0.39, 0.29) is 0 Å². The van der Waals surface area contributed by atoms with Gasteiger partial charge in [0.2, 0.25) is 0 Å². The number of anilines is 9. The van der Waals surface area contributed by atoms with E-state index < -0.39 is 0 Å². The SMILES string of the molecule is Cc1cccc(N(c2c3ccccc3c(N(c3cccc(C)c3)c3cccc4c3sc3ccccc34)c3ccccc23)c2cccc3c2sc2ccccc23)c1.c1ccc(-c2c3ccccc3c(N(c3ccccc3)c3cccc4c3sc3ccccc34)c3ccccc23)cc1. The van der Waals surface area contributed by atoms with E-state index >= 15 is 0 Å². The first-order valence-corrected chi connectivity index (χ1v) is 35.2. The van der Waals surface area contributed by atoms with Crippen molar-refractivity contribution >= 4 is 189 Å². The summed E-state index contributed by atoms with van der Waals surface area (Å²) in [6, 6.07) is 122. The maximum Gasteiger partial charge on any atom is 0.0640 e. The zero-order chi connectivity index (χ0) is 63.8. The summed E-state index contributed by atoms with van der Waals surface area (Å²) in [4.78, 5) is 7.54. The predicted molar refractivity (Wildman–Crippen MR) is 421 cm³/mol. The smallest absolute Gasteiger partial charge is 0.0640 e. The Morgan fingerprint density at radius 2 is 0.469 bits per heavy atom. The molecule has 0 bridgehead atoms. The van der Waals surface area contributed by atoms with Crippen molar-refractivity contribution in [2.45, 2.75) is 13.8 Å². The summed E-state index contributed by atoms with van der Waals surface area (Å²) in [5, 5.41) is 17.6. The van der Waals surface area contributed by atoms with Crippen LogP contribution in [0.1, 0.15) is 11.1 Å². The third-order valence-electron chi connectivity index (χ3n) is 18.9. The third-order valence-corrected chi connectivity index (χ3v) is 22.5. The number of para-hydroxylation sites is 1. The molecule has 0 aliphatic heterocycles. The summed E-state index contributed by atoms with van der Waals surface area (Å²) in [7, 11) is 0. The van der Waals surface area contributed by atoms with Gasteiger partial charge in [-0.05, 0) is 120 Å². The molecule has 3 heterocycles. The highest BCUT2D eigenvalue weighted by Crippen LogP contribution is 2.56. The second-order valence-electron chi connectivity index (χ2n) is 24.7. The van der Waals surface area contributed by atoms with E-state index in [0.29, 0.717) is 0 Å². The lowest BCUT2D eigenvalue weighted by atomic mass is 9.90. The van der Waals surface area contributed by atoms with E-state index in [2.05, 4.69) is 362 Å². The van der Waals surface area contributed by atoms with Crippen molar-refractivity contribution in [2.24, 2.45) is 0 Å². The molecule has 6 heteroatoms. The molecule has 0 radical (unpaired) electrons. The van der Waals surface area contributed by atoms with E-state index in [9.17, 15) is 0 Å². The average molecular weight is 1280 g/mol. The molecule has 19 aromatic rings. The van der Waals surface area contributed by atoms with Crippen molar-refractivity contribution in [3.05, 3.63) is 345 Å². The number of rotatable bonds is 10. The van der Waals surface area contributed by atoms with Crippen LogP contribution in [-0.2, 0) is 0 Å². The van der Waals surface area contributed by atoms with Crippen LogP contribution in [0.15, 0.2) is 334 Å². The zero-order valence-electron chi connectivity index (χ0n) is 52.8. The summed E-state index contributed by atoms with van der Waals surface area (Å²) in [6.07, 6.45) is 0. The van der Waals surface area contributed by atoms with E-state index in [0.717, 1.165) is 17.1 Å². The molecule has 0 unspecified atom stereocenters. The summed E-state index contributed by atoms with van der Waals surface area (Å²) in [5.41, 5.74) is 15.5. The first kappa shape index (κ1) is 57.3. The van der Waals surface area contributed by atoms with E-state index in [1.165, 1.54) is 160 Å². The Hall–Kier alpha value is -11.4. The largest absolute Gasteiger partial charge is 0.308 e. The number of hydrogen-bond donors (Lipinski definition) is 0. The first-order valence-electron chi connectivity index (χ1n) is 32.7. The minimum Gasteiger partial charge on any atom is -0.308 e. The molecule has 0 saturated carbocycles. The molecule has 16 aromatic carbocycles. The number of thiophene rings is 3. The lowest BCUT2D eigenvalue weighted by Gasteiger charge is -2.33. The molecular weight excluding hydrogens is 1220 g/mol. The molecule has 0 fully saturated rings. The van der Waals surface area contributed by atoms with Gasteiger partial charge in [0, 0.05) is 95.8 Å². The Labute approximate surface area is 569 Å². The first-order chi connectivity index (χ1) is 47.5. The van der Waals surface area contributed by atoms with Gasteiger partial charge in [-0.1, -0.05) is 261 Å². The van der Waals surface area contributed by atoms with Gasteiger partial charge in [0.25, 0.3) is 0 Å². The number of nitrogens with zero attached hydrogens (tertiary/aromatic N) is 3. The lowest BCUT2D eigenvalue weighted by Crippen LogP contribution is -2.15. The normalized spacial score (nSPS) is 11.6. The van der Waals surface area contributed by atoms with Gasteiger partial charge >= 0.3 is 0 Å². The maximum atomic E-state index is 2.53. The highest BCUT2D eigenvalue weighted by molar-refractivity contribution is 7.27. The summed E-state index contributed by atoms with van der Waals surface area (Å²) in [5.74, 6) is 0. The minimum atomic E-state index is 1.14. The molecule has 0 aliphatic carbocycles. The monoisotopic (exact) mass is 1280 g/mol. The molecule has 0 spiro atoms. The van der Waals surface area contributed by atoms with Crippen LogP contribution in [0.2, 0.25) is 0 Å². The number of hydrogen-bond acceptors (Lipinski definition) is 6. The molecular formula is C90H61N3S3. The fourth-order valence-corrected chi connectivity index (χ4v) is 18.4. The van der Waals surface area contributed by atoms with Crippen molar-refractivity contribution < 1.29 is 0 Å². The van der Waals surface area contributed by atoms with Gasteiger partial charge < -0.3 is 14.7 Å². The second kappa shape index (κ2) is 23.9. The fourth-order valence-electron chi connectivity index (χ4n) is 14.8. The van der Waals surface area contributed by atoms with Crippen LogP contribution in [0.3, 0.4) is 0 Å². The van der Waals surface area contributed by atoms with E-state index in [1.54, 1.807) is 0 Å². The average Bonchev–Trinajstić information content (AvgIpc) is 1.51. The standard InChI is InChI=1S/C52H36N2S2.C38H25NS/c1-33-15-11-17-35(31-33)53(45-27-13-25-43-37-19-7-9-29-47(37)55-51(43)45)49-39-21-3-5-23-41(39)50(42-24-6-4-22-40(42)49)54(36-18-12-16-34(2)32-36)46-28-14-26-44-38-20-8-10-30-48(38)56-52(44)46;1-3-14-26(15-4-1)36-29-19-7-9-21-31(29)37(32-22-10-8-20-30(32)36)39(27-16-5-2-6-17-27)34-24-13-23-33-28-18-11-12-25-35(28)40-38(33)34/h3-32H,1-2H3;1-25H. The highest BCUT2D eigenvalue weighted by atomic mass is 32.1. The Bertz CT molecular complexity index is 5890. The van der Waals surface area contributed by atoms with Gasteiger partial charge in [-0.25, -0.2) is 0 Å². The molecule has 0 atom stereocenters. The molecule has 3 nitrogen and oxygen atoms in total. The van der Waals surface area contributed by atoms with Gasteiger partial charge in [0.1, 0.15) is 0 Å². The fraction of sp³-hybridized carbons (Fsp3) is 0.0222. The summed E-state index contributed by atoms with van der Waals surface area (Å²) >= 11 is 5.63. The number of fused-ring (bicyclic) bond motifs is 13. The Balaban J connectivity index is 0.000000148. The Morgan fingerprint density at radius 3 is 0.823 bits per heavy atom. The van der Waals surface area contributed by atoms with Gasteiger partial charge in [0.05, 0.1) is 48.2 Å². The van der Waals surface area contributed by atoms with Crippen molar-refractivity contribution in [1.82, 2.24) is 0 Å². The van der Waals surface area contributed by atoms with Crippen molar-refractivity contribution in [1.29, 1.82) is 0 Å². The van der Waals surface area contributed by atoms with E-state index in [4.69, 9.17) is 0 Å². The lowest BCUT2D eigenvalue weighted by molar-refractivity contribution is 1.30. The number of benzene rings is 16. The Kier molecular flexibility index (Phi) is 14.2. The molecule has 19 rings (SSSR count). The summed E-state index contributed by atoms with van der Waals surface area (Å²) in [6.45, 7) is 4.38. The van der Waals surface area contributed by atoms with Crippen LogP contribution in [0.25, 0.3) is 115 Å². The van der Waals surface area contributed by atoms with Gasteiger partial charge in [-0.15, -0.1) is 34.0 Å². The quantitative estimate of drug-likeness (QED) is 0.0998. The zero-order valence-corrected chi connectivity index (χ0v) is 55.3. The second-order valence-corrected chi connectivity index (χ2v) is 27.9. The van der Waals surface area contributed by atoms with Crippen molar-refractivity contribution in [2.75, 3.05) is 14.7 Å².